The van der Waals surface area contributed by atoms with E-state index in [4.69, 9.17) is 9.84 Å². The Morgan fingerprint density at radius 2 is 1.94 bits per heavy atom. The highest BCUT2D eigenvalue weighted by Crippen LogP contribution is 2.16. The molecular weight excluding hydrogens is 232 g/mol. The largest absolute Gasteiger partial charge is 0.465 e. The first-order chi connectivity index (χ1) is 8.70. The van der Waals surface area contributed by atoms with E-state index in [1.54, 1.807) is 31.2 Å². The van der Waals surface area contributed by atoms with Crippen LogP contribution in [0.15, 0.2) is 30.3 Å². The van der Waals surface area contributed by atoms with Crippen LogP contribution < -0.4 is 0 Å². The minimum Gasteiger partial charge on any atom is -0.465 e. The summed E-state index contributed by atoms with van der Waals surface area (Å²) in [5.41, 5.74) is 0.494. The molecule has 0 aliphatic heterocycles. The Morgan fingerprint density at radius 3 is 2.50 bits per heavy atom. The summed E-state index contributed by atoms with van der Waals surface area (Å²) in [6, 6.07) is 8.66. The zero-order valence-corrected chi connectivity index (χ0v) is 10.5. The first-order valence-electron chi connectivity index (χ1n) is 6.07. The lowest BCUT2D eigenvalue weighted by atomic mass is 9.93. The Balaban J connectivity index is 2.82. The van der Waals surface area contributed by atoms with Crippen LogP contribution in [0.5, 0.6) is 0 Å². The third-order valence-corrected chi connectivity index (χ3v) is 2.60. The topological polar surface area (TPSA) is 63.6 Å². The highest BCUT2D eigenvalue weighted by Gasteiger charge is 2.28. The number of ketones is 1. The van der Waals surface area contributed by atoms with E-state index in [9.17, 15) is 9.59 Å². The Hall–Kier alpha value is -1.68. The maximum Gasteiger partial charge on any atom is 0.316 e. The summed E-state index contributed by atoms with van der Waals surface area (Å²) in [7, 11) is 0. The zero-order chi connectivity index (χ0) is 13.4. The minimum absolute atomic E-state index is 0.0437. The molecule has 98 valence electrons. The maximum absolute atomic E-state index is 12.2. The molecule has 0 aromatic heterocycles. The molecule has 1 aromatic carbocycles. The van der Waals surface area contributed by atoms with Gasteiger partial charge in [-0.25, -0.2) is 0 Å². The third-order valence-electron chi connectivity index (χ3n) is 2.60. The van der Waals surface area contributed by atoms with E-state index in [0.717, 1.165) is 0 Å². The number of Topliss-reactive ketones (excluding diaryl/α,β-unsaturated/α-hetero) is 1. The second-order valence-electron chi connectivity index (χ2n) is 3.90. The van der Waals surface area contributed by atoms with E-state index in [1.807, 2.05) is 6.07 Å². The molecule has 1 rings (SSSR count). The van der Waals surface area contributed by atoms with Crippen molar-refractivity contribution in [2.24, 2.45) is 5.92 Å². The van der Waals surface area contributed by atoms with E-state index in [1.165, 1.54) is 0 Å². The highest BCUT2D eigenvalue weighted by molar-refractivity contribution is 6.08. The van der Waals surface area contributed by atoms with Gasteiger partial charge in [-0.1, -0.05) is 30.3 Å². The van der Waals surface area contributed by atoms with Crippen molar-refractivity contribution >= 4 is 11.8 Å². The number of esters is 1. The van der Waals surface area contributed by atoms with E-state index < -0.39 is 11.9 Å². The molecule has 0 saturated carbocycles. The number of aliphatic hydroxyl groups is 1. The van der Waals surface area contributed by atoms with Crippen LogP contribution in [0, 0.1) is 5.92 Å². The van der Waals surface area contributed by atoms with Gasteiger partial charge in [-0.2, -0.15) is 0 Å². The molecule has 4 heteroatoms. The van der Waals surface area contributed by atoms with Crippen molar-refractivity contribution in [2.75, 3.05) is 13.2 Å². The molecule has 18 heavy (non-hydrogen) atoms. The Labute approximate surface area is 107 Å². The maximum atomic E-state index is 12.2. The summed E-state index contributed by atoms with van der Waals surface area (Å²) in [6.07, 6.45) is 0.713. The molecule has 1 N–H and O–H groups in total. The van der Waals surface area contributed by atoms with Gasteiger partial charge in [0.2, 0.25) is 0 Å². The van der Waals surface area contributed by atoms with Gasteiger partial charge in [0.15, 0.2) is 5.78 Å². The number of aliphatic hydroxyl groups excluding tert-OH is 1. The van der Waals surface area contributed by atoms with E-state index in [0.29, 0.717) is 18.4 Å². The third kappa shape index (κ3) is 3.96. The molecule has 1 aromatic rings. The summed E-state index contributed by atoms with van der Waals surface area (Å²) in [6.45, 7) is 1.91. The molecule has 0 spiro atoms. The number of carbonyl (C=O) groups is 2. The lowest BCUT2D eigenvalue weighted by molar-refractivity contribution is -0.146. The van der Waals surface area contributed by atoms with Gasteiger partial charge in [-0.3, -0.25) is 9.59 Å². The molecule has 0 bridgehead atoms. The zero-order valence-electron chi connectivity index (χ0n) is 10.5. The first kappa shape index (κ1) is 14.4. The normalized spacial score (nSPS) is 11.9. The fourth-order valence-corrected chi connectivity index (χ4v) is 1.70. The van der Waals surface area contributed by atoms with Crippen LogP contribution >= 0.6 is 0 Å². The van der Waals surface area contributed by atoms with Crippen molar-refractivity contribution < 1.29 is 19.4 Å². The highest BCUT2D eigenvalue weighted by atomic mass is 16.5. The van der Waals surface area contributed by atoms with Crippen LogP contribution in [-0.2, 0) is 9.53 Å². The average molecular weight is 250 g/mol. The van der Waals surface area contributed by atoms with Gasteiger partial charge in [0, 0.05) is 12.2 Å². The van der Waals surface area contributed by atoms with Crippen molar-refractivity contribution in [1.29, 1.82) is 0 Å². The molecule has 1 atom stereocenters. The monoisotopic (exact) mass is 250 g/mol. The van der Waals surface area contributed by atoms with Crippen molar-refractivity contribution in [3.8, 4) is 0 Å². The Morgan fingerprint density at radius 1 is 1.28 bits per heavy atom. The van der Waals surface area contributed by atoms with Gasteiger partial charge in [0.05, 0.1) is 6.61 Å². The number of rotatable bonds is 7. The quantitative estimate of drug-likeness (QED) is 0.455. The number of hydrogen-bond acceptors (Lipinski definition) is 4. The fourth-order valence-electron chi connectivity index (χ4n) is 1.70. The summed E-state index contributed by atoms with van der Waals surface area (Å²) in [5, 5.41) is 8.82. The summed E-state index contributed by atoms with van der Waals surface area (Å²) >= 11 is 0. The molecule has 0 amide bonds. The second kappa shape index (κ2) is 7.61. The Bertz CT molecular complexity index is 386. The fraction of sp³-hybridized carbons (Fsp3) is 0.429. The van der Waals surface area contributed by atoms with Gasteiger partial charge in [-0.05, 0) is 19.8 Å². The van der Waals surface area contributed by atoms with Crippen molar-refractivity contribution in [2.45, 2.75) is 19.8 Å². The van der Waals surface area contributed by atoms with Gasteiger partial charge < -0.3 is 9.84 Å². The summed E-state index contributed by atoms with van der Waals surface area (Å²) in [5.74, 6) is -1.58. The predicted octanol–water partition coefficient (Wildman–Crippen LogP) is 1.82. The molecule has 4 nitrogen and oxygen atoms in total. The number of benzene rings is 1. The lowest BCUT2D eigenvalue weighted by Gasteiger charge is -2.13. The summed E-state index contributed by atoms with van der Waals surface area (Å²) < 4.78 is 4.90. The van der Waals surface area contributed by atoms with E-state index in [-0.39, 0.29) is 19.0 Å². The van der Waals surface area contributed by atoms with E-state index >= 15 is 0 Å². The van der Waals surface area contributed by atoms with E-state index in [2.05, 4.69) is 0 Å². The van der Waals surface area contributed by atoms with Crippen LogP contribution in [0.2, 0.25) is 0 Å². The van der Waals surface area contributed by atoms with Crippen LogP contribution in [0.4, 0.5) is 0 Å². The molecular formula is C14H18O4. The molecule has 0 heterocycles. The number of hydrogen-bond donors (Lipinski definition) is 1. The molecule has 0 aliphatic carbocycles. The van der Waals surface area contributed by atoms with Crippen LogP contribution in [-0.4, -0.2) is 30.1 Å². The first-order valence-corrected chi connectivity index (χ1v) is 6.07. The molecule has 0 saturated heterocycles. The minimum atomic E-state index is -0.820. The predicted molar refractivity (Wildman–Crippen MR) is 67.2 cm³/mol. The van der Waals surface area contributed by atoms with Gasteiger partial charge in [0.25, 0.3) is 0 Å². The van der Waals surface area contributed by atoms with Gasteiger partial charge in [-0.15, -0.1) is 0 Å². The second-order valence-corrected chi connectivity index (χ2v) is 3.90. The van der Waals surface area contributed by atoms with Crippen molar-refractivity contribution in [3.63, 3.8) is 0 Å². The van der Waals surface area contributed by atoms with Crippen LogP contribution in [0.25, 0.3) is 0 Å². The SMILES string of the molecule is CCOC(=O)C(CCCO)C(=O)c1ccccc1. The van der Waals surface area contributed by atoms with Crippen molar-refractivity contribution in [3.05, 3.63) is 35.9 Å². The van der Waals surface area contributed by atoms with Crippen LogP contribution in [0.1, 0.15) is 30.1 Å². The standard InChI is InChI=1S/C14H18O4/c1-2-18-14(17)12(9-6-10-15)13(16)11-7-4-3-5-8-11/h3-5,7-8,12,15H,2,6,9-10H2,1H3. The smallest absolute Gasteiger partial charge is 0.316 e. The molecule has 0 radical (unpaired) electrons. The molecule has 0 aliphatic rings. The lowest BCUT2D eigenvalue weighted by Crippen LogP contribution is -2.26. The molecule has 1 unspecified atom stereocenters. The summed E-state index contributed by atoms with van der Waals surface area (Å²) in [4.78, 5) is 23.9. The Kier molecular flexibility index (Phi) is 6.08. The average Bonchev–Trinajstić information content (AvgIpc) is 2.40. The molecule has 0 fully saturated rings. The number of carbonyl (C=O) groups excluding carboxylic acids is 2. The van der Waals surface area contributed by atoms with Crippen LogP contribution in [0.3, 0.4) is 0 Å². The van der Waals surface area contributed by atoms with Gasteiger partial charge in [0.1, 0.15) is 5.92 Å². The number of ether oxygens (including phenoxy) is 1. The van der Waals surface area contributed by atoms with Gasteiger partial charge >= 0.3 is 5.97 Å². The van der Waals surface area contributed by atoms with Crippen molar-refractivity contribution in [1.82, 2.24) is 0 Å².